The van der Waals surface area contributed by atoms with E-state index in [4.69, 9.17) is 11.5 Å². The molecule has 0 amide bonds. The fourth-order valence-corrected chi connectivity index (χ4v) is 3.28. The first-order chi connectivity index (χ1) is 13.1. The molecule has 0 bridgehead atoms. The van der Waals surface area contributed by atoms with E-state index in [1.807, 2.05) is 0 Å². The summed E-state index contributed by atoms with van der Waals surface area (Å²) in [6, 6.07) is 0. The molecule has 4 N–H and O–H groups in total. The molecule has 5 nitrogen and oxygen atoms in total. The van der Waals surface area contributed by atoms with E-state index in [9.17, 15) is 9.59 Å². The van der Waals surface area contributed by atoms with Gasteiger partial charge in [-0.2, -0.15) is 0 Å². The molecular formula is C22H45N3O2. The van der Waals surface area contributed by atoms with Crippen molar-refractivity contribution in [3.63, 3.8) is 0 Å². The van der Waals surface area contributed by atoms with Gasteiger partial charge < -0.3 is 16.4 Å². The predicted molar refractivity (Wildman–Crippen MR) is 115 cm³/mol. The van der Waals surface area contributed by atoms with Gasteiger partial charge in [-0.25, -0.2) is 0 Å². The van der Waals surface area contributed by atoms with E-state index in [2.05, 4.69) is 11.8 Å². The Bertz CT molecular complexity index is 353. The molecule has 0 atom stereocenters. The number of nitrogens with zero attached hydrogens (tertiary/aromatic N) is 1. The number of nitrogens with two attached hydrogens (primary N) is 2. The van der Waals surface area contributed by atoms with E-state index < -0.39 is 0 Å². The molecule has 0 aromatic rings. The number of ketones is 2. The molecule has 0 aliphatic rings. The van der Waals surface area contributed by atoms with Crippen molar-refractivity contribution in [3.05, 3.63) is 0 Å². The van der Waals surface area contributed by atoms with Gasteiger partial charge in [0.05, 0.1) is 0 Å². The van der Waals surface area contributed by atoms with Gasteiger partial charge in [-0.1, -0.05) is 32.6 Å². The highest BCUT2D eigenvalue weighted by atomic mass is 16.1. The van der Waals surface area contributed by atoms with Crippen molar-refractivity contribution >= 4 is 11.6 Å². The molecule has 0 saturated heterocycles. The van der Waals surface area contributed by atoms with Crippen LogP contribution < -0.4 is 11.5 Å². The minimum Gasteiger partial charge on any atom is -0.330 e. The third-order valence-corrected chi connectivity index (χ3v) is 5.01. The van der Waals surface area contributed by atoms with Crippen LogP contribution in [0.4, 0.5) is 0 Å². The second-order valence-corrected chi connectivity index (χ2v) is 7.68. The normalized spacial score (nSPS) is 11.3. The minimum absolute atomic E-state index is 0.307. The fraction of sp³-hybridized carbons (Fsp3) is 0.909. The third-order valence-electron chi connectivity index (χ3n) is 5.01. The highest BCUT2D eigenvalue weighted by molar-refractivity contribution is 5.81. The molecule has 0 radical (unpaired) electrons. The zero-order valence-electron chi connectivity index (χ0n) is 17.9. The fourth-order valence-electron chi connectivity index (χ4n) is 3.28. The van der Waals surface area contributed by atoms with Crippen LogP contribution in [0.3, 0.4) is 0 Å². The Hall–Kier alpha value is -0.780. The molecular weight excluding hydrogens is 338 g/mol. The maximum absolute atomic E-state index is 12.0. The zero-order valence-corrected chi connectivity index (χ0v) is 17.9. The van der Waals surface area contributed by atoms with Crippen molar-refractivity contribution < 1.29 is 9.59 Å². The number of carbonyl (C=O) groups excluding carboxylic acids is 2. The lowest BCUT2D eigenvalue weighted by Crippen LogP contribution is -2.29. The summed E-state index contributed by atoms with van der Waals surface area (Å²) in [6.45, 7) is 6.69. The van der Waals surface area contributed by atoms with E-state index in [0.717, 1.165) is 77.7 Å². The van der Waals surface area contributed by atoms with Gasteiger partial charge in [-0.05, 0) is 71.2 Å². The summed E-state index contributed by atoms with van der Waals surface area (Å²) < 4.78 is 0. The van der Waals surface area contributed by atoms with Crippen LogP contribution in [0.2, 0.25) is 0 Å². The minimum atomic E-state index is 0.307. The van der Waals surface area contributed by atoms with E-state index in [-0.39, 0.29) is 0 Å². The Kier molecular flexibility index (Phi) is 19.4. The molecule has 5 heteroatoms. The summed E-state index contributed by atoms with van der Waals surface area (Å²) in [4.78, 5) is 26.2. The molecule has 0 aromatic carbocycles. The number of Topliss-reactive ketones (excluding diaryl/α,β-unsaturated/α-hetero) is 2. The molecule has 0 spiro atoms. The highest BCUT2D eigenvalue weighted by Gasteiger charge is 2.07. The van der Waals surface area contributed by atoms with Crippen LogP contribution in [0.15, 0.2) is 0 Å². The van der Waals surface area contributed by atoms with Crippen LogP contribution in [0.25, 0.3) is 0 Å². The maximum Gasteiger partial charge on any atom is 0.132 e. The Morgan fingerprint density at radius 3 is 1.56 bits per heavy atom. The zero-order chi connectivity index (χ0) is 20.2. The first-order valence-electron chi connectivity index (χ1n) is 11.3. The number of carbonyl (C=O) groups is 2. The van der Waals surface area contributed by atoms with E-state index in [1.54, 1.807) is 0 Å². The second-order valence-electron chi connectivity index (χ2n) is 7.68. The van der Waals surface area contributed by atoms with Crippen molar-refractivity contribution in [1.29, 1.82) is 0 Å². The Morgan fingerprint density at radius 2 is 1.04 bits per heavy atom. The molecule has 160 valence electrons. The Labute approximate surface area is 167 Å². The van der Waals surface area contributed by atoms with E-state index >= 15 is 0 Å². The van der Waals surface area contributed by atoms with Crippen LogP contribution in [-0.2, 0) is 9.59 Å². The molecule has 27 heavy (non-hydrogen) atoms. The van der Waals surface area contributed by atoms with E-state index in [1.165, 1.54) is 19.3 Å². The molecule has 0 rings (SSSR count). The van der Waals surface area contributed by atoms with Crippen molar-refractivity contribution in [1.82, 2.24) is 4.90 Å². The van der Waals surface area contributed by atoms with Crippen molar-refractivity contribution in [2.75, 3.05) is 32.7 Å². The average molecular weight is 384 g/mol. The van der Waals surface area contributed by atoms with Gasteiger partial charge in [-0.15, -0.1) is 0 Å². The topological polar surface area (TPSA) is 89.4 Å². The van der Waals surface area contributed by atoms with Crippen LogP contribution in [0, 0.1) is 0 Å². The van der Waals surface area contributed by atoms with Crippen LogP contribution in [-0.4, -0.2) is 49.2 Å². The summed E-state index contributed by atoms with van der Waals surface area (Å²) in [5, 5.41) is 0. The number of hydrogen-bond donors (Lipinski definition) is 2. The van der Waals surface area contributed by atoms with Gasteiger partial charge in [-0.3, -0.25) is 9.59 Å². The molecule has 0 aliphatic heterocycles. The molecule has 0 heterocycles. The lowest BCUT2D eigenvalue weighted by molar-refractivity contribution is -0.120. The SMILES string of the molecule is CCCCCCCC(=O)CCCC(=O)CCCCN(CCCN)CCCN. The lowest BCUT2D eigenvalue weighted by Gasteiger charge is -2.21. The Balaban J connectivity index is 3.65. The van der Waals surface area contributed by atoms with Crippen LogP contribution >= 0.6 is 0 Å². The second kappa shape index (κ2) is 20.0. The summed E-state index contributed by atoms with van der Waals surface area (Å²) in [5.74, 6) is 0.635. The van der Waals surface area contributed by atoms with Crippen LogP contribution in [0.1, 0.15) is 96.8 Å². The standard InChI is InChI=1S/C22H45N3O2/c1-2-3-4-5-6-12-21(26)14-9-15-22(27)13-7-8-18-25(19-10-16-23)20-11-17-24/h2-20,23-24H2,1H3. The summed E-state index contributed by atoms with van der Waals surface area (Å²) in [5.41, 5.74) is 11.2. The first kappa shape index (κ1) is 26.2. The Morgan fingerprint density at radius 1 is 0.593 bits per heavy atom. The van der Waals surface area contributed by atoms with E-state index in [0.29, 0.717) is 37.2 Å². The molecule has 0 fully saturated rings. The number of rotatable bonds is 21. The summed E-state index contributed by atoms with van der Waals surface area (Å²) in [6.07, 6.45) is 13.1. The average Bonchev–Trinajstić information content (AvgIpc) is 2.66. The van der Waals surface area contributed by atoms with Crippen molar-refractivity contribution in [2.24, 2.45) is 11.5 Å². The van der Waals surface area contributed by atoms with Gasteiger partial charge in [0.15, 0.2) is 0 Å². The van der Waals surface area contributed by atoms with Gasteiger partial charge in [0.25, 0.3) is 0 Å². The molecule has 0 unspecified atom stereocenters. The van der Waals surface area contributed by atoms with Gasteiger partial charge >= 0.3 is 0 Å². The van der Waals surface area contributed by atoms with Gasteiger partial charge in [0.2, 0.25) is 0 Å². The largest absolute Gasteiger partial charge is 0.330 e. The van der Waals surface area contributed by atoms with Gasteiger partial charge in [0.1, 0.15) is 11.6 Å². The molecule has 0 saturated carbocycles. The maximum atomic E-state index is 12.0. The molecule has 0 aliphatic carbocycles. The first-order valence-corrected chi connectivity index (χ1v) is 11.3. The van der Waals surface area contributed by atoms with Crippen molar-refractivity contribution in [3.8, 4) is 0 Å². The summed E-state index contributed by atoms with van der Waals surface area (Å²) >= 11 is 0. The number of unbranched alkanes of at least 4 members (excludes halogenated alkanes) is 5. The lowest BCUT2D eigenvalue weighted by atomic mass is 10.0. The smallest absolute Gasteiger partial charge is 0.132 e. The quantitative estimate of drug-likeness (QED) is 0.294. The number of hydrogen-bond acceptors (Lipinski definition) is 5. The molecule has 0 aromatic heterocycles. The monoisotopic (exact) mass is 383 g/mol. The third kappa shape index (κ3) is 18.4. The van der Waals surface area contributed by atoms with Crippen molar-refractivity contribution in [2.45, 2.75) is 96.8 Å². The highest BCUT2D eigenvalue weighted by Crippen LogP contribution is 2.10. The summed E-state index contributed by atoms with van der Waals surface area (Å²) in [7, 11) is 0. The van der Waals surface area contributed by atoms with Gasteiger partial charge in [0, 0.05) is 25.7 Å². The predicted octanol–water partition coefficient (Wildman–Crippen LogP) is 3.83. The van der Waals surface area contributed by atoms with Crippen LogP contribution in [0.5, 0.6) is 0 Å².